The molecule has 126 valence electrons. The highest BCUT2D eigenvalue weighted by Crippen LogP contribution is 2.21. The monoisotopic (exact) mass is 334 g/mol. The maximum Gasteiger partial charge on any atom is 0.224 e. The number of hydrogen-bond donors (Lipinski definition) is 1. The number of nitrogens with one attached hydrogen (secondary N) is 1. The second-order valence-corrected chi connectivity index (χ2v) is 5.40. The molecule has 0 bridgehead atoms. The maximum atomic E-state index is 12.0. The Bertz CT molecular complexity index is 793. The van der Waals surface area contributed by atoms with Gasteiger partial charge >= 0.3 is 0 Å². The lowest BCUT2D eigenvalue weighted by molar-refractivity contribution is -0.116. The van der Waals surface area contributed by atoms with E-state index in [1.165, 1.54) is 6.33 Å². The molecule has 0 saturated carbocycles. The molecular weight excluding hydrogens is 316 g/mol. The third-order valence-electron chi connectivity index (χ3n) is 3.48. The predicted molar refractivity (Wildman–Crippen MR) is 94.4 cm³/mol. The molecule has 0 unspecified atom stereocenters. The first-order valence-electron chi connectivity index (χ1n) is 8.03. The van der Waals surface area contributed by atoms with Gasteiger partial charge in [0.05, 0.1) is 0 Å². The summed E-state index contributed by atoms with van der Waals surface area (Å²) in [4.78, 5) is 24.1. The van der Waals surface area contributed by atoms with Crippen molar-refractivity contribution in [1.82, 2.24) is 15.0 Å². The first-order valence-corrected chi connectivity index (χ1v) is 8.03. The highest BCUT2D eigenvalue weighted by atomic mass is 16.5. The van der Waals surface area contributed by atoms with Crippen LogP contribution in [0.5, 0.6) is 11.6 Å². The number of rotatable bonds is 7. The zero-order valence-corrected chi connectivity index (χ0v) is 13.6. The Morgan fingerprint density at radius 1 is 1.00 bits per heavy atom. The standard InChI is InChI=1S/C19H18N4O2/c24-18(6-3-5-15-4-1-2-12-21-15)23-16-7-9-17(10-8-16)25-19-11-13-20-14-22-19/h1-2,4,7-14H,3,5-6H2,(H,23,24). The molecule has 0 radical (unpaired) electrons. The van der Waals surface area contributed by atoms with E-state index in [0.29, 0.717) is 18.1 Å². The fourth-order valence-electron chi connectivity index (χ4n) is 2.27. The molecule has 0 atom stereocenters. The van der Waals surface area contributed by atoms with Crippen molar-refractivity contribution in [2.45, 2.75) is 19.3 Å². The Morgan fingerprint density at radius 3 is 2.60 bits per heavy atom. The van der Waals surface area contributed by atoms with Crippen LogP contribution in [-0.4, -0.2) is 20.9 Å². The number of carbonyl (C=O) groups is 1. The van der Waals surface area contributed by atoms with Gasteiger partial charge in [0.2, 0.25) is 11.8 Å². The lowest BCUT2D eigenvalue weighted by atomic mass is 10.1. The summed E-state index contributed by atoms with van der Waals surface area (Å²) in [5.41, 5.74) is 1.74. The first-order chi connectivity index (χ1) is 12.3. The number of anilines is 1. The molecule has 1 amide bonds. The average molecular weight is 334 g/mol. The Labute approximate surface area is 145 Å². The summed E-state index contributed by atoms with van der Waals surface area (Å²) in [6.07, 6.45) is 6.81. The maximum absolute atomic E-state index is 12.0. The van der Waals surface area contributed by atoms with Crippen LogP contribution in [0.25, 0.3) is 0 Å². The highest BCUT2D eigenvalue weighted by Gasteiger charge is 2.04. The number of aromatic nitrogens is 3. The second-order valence-electron chi connectivity index (χ2n) is 5.40. The molecule has 6 nitrogen and oxygen atoms in total. The van der Waals surface area contributed by atoms with Crippen LogP contribution in [-0.2, 0) is 11.2 Å². The van der Waals surface area contributed by atoms with Crippen molar-refractivity contribution < 1.29 is 9.53 Å². The van der Waals surface area contributed by atoms with Crippen LogP contribution < -0.4 is 10.1 Å². The van der Waals surface area contributed by atoms with Crippen molar-refractivity contribution in [3.05, 3.63) is 72.9 Å². The van der Waals surface area contributed by atoms with Gasteiger partial charge in [-0.2, -0.15) is 0 Å². The highest BCUT2D eigenvalue weighted by molar-refractivity contribution is 5.90. The van der Waals surface area contributed by atoms with Gasteiger partial charge in [0.15, 0.2) is 0 Å². The van der Waals surface area contributed by atoms with E-state index in [4.69, 9.17) is 4.74 Å². The van der Waals surface area contributed by atoms with E-state index < -0.39 is 0 Å². The van der Waals surface area contributed by atoms with E-state index in [9.17, 15) is 4.79 Å². The molecule has 6 heteroatoms. The van der Waals surface area contributed by atoms with E-state index in [0.717, 1.165) is 24.2 Å². The Kier molecular flexibility index (Phi) is 5.66. The minimum absolute atomic E-state index is 0.0135. The van der Waals surface area contributed by atoms with E-state index >= 15 is 0 Å². The number of ether oxygens (including phenoxy) is 1. The quantitative estimate of drug-likeness (QED) is 0.714. The number of nitrogens with zero attached hydrogens (tertiary/aromatic N) is 3. The molecular formula is C19H18N4O2. The van der Waals surface area contributed by atoms with Crippen LogP contribution >= 0.6 is 0 Å². The van der Waals surface area contributed by atoms with Crippen LogP contribution in [0.3, 0.4) is 0 Å². The number of aryl methyl sites for hydroxylation is 1. The summed E-state index contributed by atoms with van der Waals surface area (Å²) in [7, 11) is 0. The molecule has 2 aromatic heterocycles. The van der Waals surface area contributed by atoms with Crippen LogP contribution in [0.4, 0.5) is 5.69 Å². The summed E-state index contributed by atoms with van der Waals surface area (Å²) in [5, 5.41) is 2.88. The molecule has 3 aromatic rings. The summed E-state index contributed by atoms with van der Waals surface area (Å²) in [5.74, 6) is 1.11. The van der Waals surface area contributed by atoms with Gasteiger partial charge in [0, 0.05) is 36.3 Å². The summed E-state index contributed by atoms with van der Waals surface area (Å²) in [6, 6.07) is 14.6. The van der Waals surface area contributed by atoms with Gasteiger partial charge < -0.3 is 10.1 Å². The van der Waals surface area contributed by atoms with Crippen molar-refractivity contribution in [1.29, 1.82) is 0 Å². The second kappa shape index (κ2) is 8.54. The number of carbonyl (C=O) groups excluding carboxylic acids is 1. The van der Waals surface area contributed by atoms with E-state index in [2.05, 4.69) is 20.3 Å². The topological polar surface area (TPSA) is 77.0 Å². The minimum atomic E-state index is -0.0135. The van der Waals surface area contributed by atoms with E-state index in [-0.39, 0.29) is 5.91 Å². The van der Waals surface area contributed by atoms with Gasteiger partial charge in [-0.3, -0.25) is 9.78 Å². The lowest BCUT2D eigenvalue weighted by Crippen LogP contribution is -2.11. The van der Waals surface area contributed by atoms with Crippen molar-refractivity contribution in [2.24, 2.45) is 0 Å². The molecule has 2 heterocycles. The molecule has 1 aromatic carbocycles. The molecule has 0 spiro atoms. The molecule has 3 rings (SSSR count). The van der Waals surface area contributed by atoms with Crippen molar-refractivity contribution in [3.63, 3.8) is 0 Å². The zero-order valence-electron chi connectivity index (χ0n) is 13.6. The predicted octanol–water partition coefficient (Wildman–Crippen LogP) is 3.63. The number of amides is 1. The third-order valence-corrected chi connectivity index (χ3v) is 3.48. The van der Waals surface area contributed by atoms with Gasteiger partial charge in [-0.1, -0.05) is 6.07 Å². The largest absolute Gasteiger partial charge is 0.439 e. The number of benzene rings is 1. The minimum Gasteiger partial charge on any atom is -0.439 e. The van der Waals surface area contributed by atoms with Gasteiger partial charge in [-0.05, 0) is 49.2 Å². The Hall–Kier alpha value is -3.28. The lowest BCUT2D eigenvalue weighted by Gasteiger charge is -2.07. The fraction of sp³-hybridized carbons (Fsp3) is 0.158. The normalized spacial score (nSPS) is 10.2. The van der Waals surface area contributed by atoms with E-state index in [1.54, 1.807) is 42.7 Å². The number of pyridine rings is 1. The van der Waals surface area contributed by atoms with Crippen molar-refractivity contribution in [2.75, 3.05) is 5.32 Å². The van der Waals surface area contributed by atoms with Crippen LogP contribution in [0, 0.1) is 0 Å². The molecule has 0 aliphatic heterocycles. The third kappa shape index (κ3) is 5.39. The molecule has 25 heavy (non-hydrogen) atoms. The van der Waals surface area contributed by atoms with E-state index in [1.807, 2.05) is 18.2 Å². The van der Waals surface area contributed by atoms with Crippen molar-refractivity contribution in [3.8, 4) is 11.6 Å². The average Bonchev–Trinajstić information content (AvgIpc) is 2.65. The van der Waals surface area contributed by atoms with Crippen LogP contribution in [0.1, 0.15) is 18.5 Å². The molecule has 0 saturated heterocycles. The summed E-state index contributed by atoms with van der Waals surface area (Å²) >= 11 is 0. The summed E-state index contributed by atoms with van der Waals surface area (Å²) < 4.78 is 5.58. The Balaban J connectivity index is 1.45. The van der Waals surface area contributed by atoms with Crippen LogP contribution in [0.15, 0.2) is 67.3 Å². The summed E-state index contributed by atoms with van der Waals surface area (Å²) in [6.45, 7) is 0. The smallest absolute Gasteiger partial charge is 0.224 e. The SMILES string of the molecule is O=C(CCCc1ccccn1)Nc1ccc(Oc2ccncn2)cc1. The Morgan fingerprint density at radius 2 is 1.88 bits per heavy atom. The fourth-order valence-corrected chi connectivity index (χ4v) is 2.27. The van der Waals surface area contributed by atoms with Gasteiger partial charge in [0.1, 0.15) is 12.1 Å². The molecule has 0 aliphatic rings. The molecule has 0 fully saturated rings. The van der Waals surface area contributed by atoms with Gasteiger partial charge in [0.25, 0.3) is 0 Å². The van der Waals surface area contributed by atoms with Crippen LogP contribution in [0.2, 0.25) is 0 Å². The van der Waals surface area contributed by atoms with Crippen molar-refractivity contribution >= 4 is 11.6 Å². The first kappa shape index (κ1) is 16.6. The van der Waals surface area contributed by atoms with Gasteiger partial charge in [-0.25, -0.2) is 9.97 Å². The molecule has 0 aliphatic carbocycles. The number of hydrogen-bond acceptors (Lipinski definition) is 5. The van der Waals surface area contributed by atoms with Gasteiger partial charge in [-0.15, -0.1) is 0 Å². The zero-order chi connectivity index (χ0) is 17.3. The molecule has 1 N–H and O–H groups in total.